The second-order valence-corrected chi connectivity index (χ2v) is 12.1. The van der Waals surface area contributed by atoms with Gasteiger partial charge in [0.25, 0.3) is 0 Å². The Morgan fingerprint density at radius 2 is 1.81 bits per heavy atom. The lowest BCUT2D eigenvalue weighted by atomic mass is 9.47. The average Bonchev–Trinajstić information content (AvgIpc) is 3.10. The smallest absolute Gasteiger partial charge is 0.302 e. The SMILES string of the molecule is CC(=O)O[C@H]1CC[C@H]2[C@@H]3CCC4=C(CSc5ccccc5)C(=O)CC[C@]4(C)[C@H]3CC[C@]12C. The Morgan fingerprint density at radius 3 is 2.56 bits per heavy atom. The third-order valence-corrected chi connectivity index (χ3v) is 10.6. The summed E-state index contributed by atoms with van der Waals surface area (Å²) in [6.45, 7) is 6.41. The highest BCUT2D eigenvalue weighted by Gasteiger charge is 2.60. The lowest BCUT2D eigenvalue weighted by Crippen LogP contribution is -2.52. The van der Waals surface area contributed by atoms with Gasteiger partial charge in [0.1, 0.15) is 6.10 Å². The lowest BCUT2D eigenvalue weighted by Gasteiger charge is -2.58. The van der Waals surface area contributed by atoms with E-state index < -0.39 is 0 Å². The van der Waals surface area contributed by atoms with E-state index in [9.17, 15) is 9.59 Å². The van der Waals surface area contributed by atoms with E-state index in [1.165, 1.54) is 29.7 Å². The Kier molecular flexibility index (Phi) is 5.80. The molecule has 4 heteroatoms. The molecule has 0 aromatic heterocycles. The Hall–Kier alpha value is -1.55. The number of esters is 1. The van der Waals surface area contributed by atoms with Crippen LogP contribution in [0.1, 0.15) is 72.1 Å². The van der Waals surface area contributed by atoms with Gasteiger partial charge in [-0.25, -0.2) is 0 Å². The zero-order chi connectivity index (χ0) is 22.5. The van der Waals surface area contributed by atoms with E-state index in [-0.39, 0.29) is 22.9 Å². The maximum absolute atomic E-state index is 13.0. The summed E-state index contributed by atoms with van der Waals surface area (Å²) < 4.78 is 5.80. The van der Waals surface area contributed by atoms with Crippen molar-refractivity contribution in [2.75, 3.05) is 5.75 Å². The van der Waals surface area contributed by atoms with E-state index >= 15 is 0 Å². The van der Waals surface area contributed by atoms with Crippen LogP contribution in [0.25, 0.3) is 0 Å². The van der Waals surface area contributed by atoms with Crippen molar-refractivity contribution in [3.05, 3.63) is 41.5 Å². The first-order chi connectivity index (χ1) is 15.3. The van der Waals surface area contributed by atoms with E-state index in [4.69, 9.17) is 4.74 Å². The van der Waals surface area contributed by atoms with Crippen molar-refractivity contribution in [1.82, 2.24) is 0 Å². The van der Waals surface area contributed by atoms with Crippen molar-refractivity contribution in [1.29, 1.82) is 0 Å². The van der Waals surface area contributed by atoms with Gasteiger partial charge < -0.3 is 4.74 Å². The van der Waals surface area contributed by atoms with E-state index in [0.717, 1.165) is 37.0 Å². The number of carbonyl (C=O) groups is 2. The molecule has 0 saturated heterocycles. The topological polar surface area (TPSA) is 43.4 Å². The minimum absolute atomic E-state index is 0.0847. The van der Waals surface area contributed by atoms with Gasteiger partial charge in [-0.3, -0.25) is 9.59 Å². The summed E-state index contributed by atoms with van der Waals surface area (Å²) in [6, 6.07) is 10.5. The lowest BCUT2D eigenvalue weighted by molar-refractivity contribution is -0.157. The predicted octanol–water partition coefficient (Wildman–Crippen LogP) is 6.61. The monoisotopic (exact) mass is 452 g/mol. The van der Waals surface area contributed by atoms with Crippen LogP contribution in [-0.2, 0) is 14.3 Å². The molecule has 3 fully saturated rings. The molecule has 0 N–H and O–H groups in total. The van der Waals surface area contributed by atoms with Gasteiger partial charge in [0.05, 0.1) is 0 Å². The normalized spacial score (nSPS) is 38.7. The van der Waals surface area contributed by atoms with Crippen LogP contribution < -0.4 is 0 Å². The second-order valence-electron chi connectivity index (χ2n) is 11.0. The van der Waals surface area contributed by atoms with Crippen molar-refractivity contribution in [2.45, 2.75) is 83.1 Å². The molecule has 0 aliphatic heterocycles. The number of thioether (sulfide) groups is 1. The van der Waals surface area contributed by atoms with Gasteiger partial charge in [-0.1, -0.05) is 37.6 Å². The molecule has 4 aliphatic carbocycles. The molecule has 0 radical (unpaired) electrons. The Balaban J connectivity index is 1.41. The van der Waals surface area contributed by atoms with Crippen LogP contribution in [-0.4, -0.2) is 23.6 Å². The molecule has 0 bridgehead atoms. The number of rotatable bonds is 4. The minimum atomic E-state index is -0.133. The average molecular weight is 453 g/mol. The first kappa shape index (κ1) is 22.3. The predicted molar refractivity (Wildman–Crippen MR) is 128 cm³/mol. The molecule has 3 saturated carbocycles. The second kappa shape index (κ2) is 8.34. The fraction of sp³-hybridized carbons (Fsp3) is 0.643. The molecular weight excluding hydrogens is 416 g/mol. The zero-order valence-electron chi connectivity index (χ0n) is 19.7. The largest absolute Gasteiger partial charge is 0.462 e. The van der Waals surface area contributed by atoms with Crippen LogP contribution >= 0.6 is 11.8 Å². The molecule has 3 nitrogen and oxygen atoms in total. The van der Waals surface area contributed by atoms with Crippen molar-refractivity contribution in [3.8, 4) is 0 Å². The Morgan fingerprint density at radius 1 is 1.03 bits per heavy atom. The fourth-order valence-electron chi connectivity index (χ4n) is 8.01. The zero-order valence-corrected chi connectivity index (χ0v) is 20.5. The fourth-order valence-corrected chi connectivity index (χ4v) is 9.01. The molecule has 1 aromatic rings. The molecule has 0 spiro atoms. The van der Waals surface area contributed by atoms with E-state index in [1.807, 2.05) is 17.8 Å². The highest BCUT2D eigenvalue weighted by atomic mass is 32.2. The summed E-state index contributed by atoms with van der Waals surface area (Å²) in [5, 5.41) is 0. The van der Waals surface area contributed by atoms with Gasteiger partial charge in [0.2, 0.25) is 0 Å². The molecule has 4 aliphatic rings. The first-order valence-corrected chi connectivity index (χ1v) is 13.4. The number of benzene rings is 1. The third-order valence-electron chi connectivity index (χ3n) is 9.59. The molecule has 0 amide bonds. The number of ketones is 1. The summed E-state index contributed by atoms with van der Waals surface area (Å²) in [6.07, 6.45) is 8.59. The first-order valence-electron chi connectivity index (χ1n) is 12.4. The number of carbonyl (C=O) groups excluding carboxylic acids is 2. The third kappa shape index (κ3) is 3.57. The molecular formula is C28H36O3S. The standard InChI is InChI=1S/C28H36O3S/c1-18(29)31-26-12-11-22-20-9-10-23-21(17-32-19-7-5-4-6-8-19)25(30)14-16-27(23,2)24(20)13-15-28(22,26)3/h4-8,20,22,24,26H,9-17H2,1-3H3/t20-,22-,24-,26-,27-,28-/m0/s1. The van der Waals surface area contributed by atoms with Crippen molar-refractivity contribution < 1.29 is 14.3 Å². The maximum Gasteiger partial charge on any atom is 0.302 e. The summed E-state index contributed by atoms with van der Waals surface area (Å²) >= 11 is 1.81. The van der Waals surface area contributed by atoms with Gasteiger partial charge in [-0.05, 0) is 80.2 Å². The highest BCUT2D eigenvalue weighted by molar-refractivity contribution is 7.99. The number of hydrogen-bond acceptors (Lipinski definition) is 4. The number of fused-ring (bicyclic) bond motifs is 5. The van der Waals surface area contributed by atoms with Crippen molar-refractivity contribution in [2.24, 2.45) is 28.6 Å². The van der Waals surface area contributed by atoms with Crippen LogP contribution in [0.3, 0.4) is 0 Å². The molecule has 0 heterocycles. The molecule has 172 valence electrons. The van der Waals surface area contributed by atoms with Gasteiger partial charge in [0.15, 0.2) is 5.78 Å². The summed E-state index contributed by atoms with van der Waals surface area (Å²) in [5.74, 6) is 3.05. The number of Topliss-reactive ketones (excluding diaryl/α,β-unsaturated/α-hetero) is 1. The van der Waals surface area contributed by atoms with E-state index in [0.29, 0.717) is 30.0 Å². The molecule has 0 unspecified atom stereocenters. The van der Waals surface area contributed by atoms with Crippen molar-refractivity contribution in [3.63, 3.8) is 0 Å². The van der Waals surface area contributed by atoms with Crippen molar-refractivity contribution >= 4 is 23.5 Å². The van der Waals surface area contributed by atoms with Gasteiger partial charge in [-0.15, -0.1) is 11.8 Å². The maximum atomic E-state index is 13.0. The van der Waals surface area contributed by atoms with Gasteiger partial charge in [0, 0.05) is 35.0 Å². The van der Waals surface area contributed by atoms with Gasteiger partial charge >= 0.3 is 5.97 Å². The molecule has 6 atom stereocenters. The number of ether oxygens (including phenoxy) is 1. The Labute approximate surface area is 196 Å². The number of allylic oxidation sites excluding steroid dienone is 1. The van der Waals surface area contributed by atoms with E-state index in [1.54, 1.807) is 6.92 Å². The van der Waals surface area contributed by atoms with Gasteiger partial charge in [-0.2, -0.15) is 0 Å². The van der Waals surface area contributed by atoms with Crippen LogP contribution in [0, 0.1) is 28.6 Å². The number of hydrogen-bond donors (Lipinski definition) is 0. The van der Waals surface area contributed by atoms with Crippen LogP contribution in [0.5, 0.6) is 0 Å². The summed E-state index contributed by atoms with van der Waals surface area (Å²) in [7, 11) is 0. The summed E-state index contributed by atoms with van der Waals surface area (Å²) in [5.41, 5.74) is 2.89. The molecule has 5 rings (SSSR count). The van der Waals surface area contributed by atoms with E-state index in [2.05, 4.69) is 38.1 Å². The minimum Gasteiger partial charge on any atom is -0.462 e. The quantitative estimate of drug-likeness (QED) is 0.381. The Bertz CT molecular complexity index is 937. The van der Waals surface area contributed by atoms with Crippen LogP contribution in [0.15, 0.2) is 46.4 Å². The summed E-state index contributed by atoms with van der Waals surface area (Å²) in [4.78, 5) is 26.0. The molecule has 1 aromatic carbocycles. The molecule has 32 heavy (non-hydrogen) atoms. The highest BCUT2D eigenvalue weighted by Crippen LogP contribution is 2.66. The van der Waals surface area contributed by atoms with Crippen LogP contribution in [0.2, 0.25) is 0 Å². The van der Waals surface area contributed by atoms with Crippen LogP contribution in [0.4, 0.5) is 0 Å².